The quantitative estimate of drug-likeness (QED) is 0.233. The van der Waals surface area contributed by atoms with Gasteiger partial charge in [-0.15, -0.1) is 11.8 Å². The number of anilines is 1. The predicted octanol–water partition coefficient (Wildman–Crippen LogP) is 6.05. The number of hydrogen-bond acceptors (Lipinski definition) is 6. The normalized spacial score (nSPS) is 14.6. The van der Waals surface area contributed by atoms with Crippen molar-refractivity contribution in [3.8, 4) is 22.7 Å². The Bertz CT molecular complexity index is 1810. The first kappa shape index (κ1) is 29.2. The summed E-state index contributed by atoms with van der Waals surface area (Å²) in [5.74, 6) is 1.05. The molecule has 0 saturated carbocycles. The van der Waals surface area contributed by atoms with Gasteiger partial charge in [0.2, 0.25) is 11.8 Å². The lowest BCUT2D eigenvalue weighted by molar-refractivity contribution is -0.123. The summed E-state index contributed by atoms with van der Waals surface area (Å²) in [6.07, 6.45) is 3.38. The van der Waals surface area contributed by atoms with Gasteiger partial charge in [-0.2, -0.15) is 5.10 Å². The van der Waals surface area contributed by atoms with E-state index in [0.717, 1.165) is 50.5 Å². The van der Waals surface area contributed by atoms with Gasteiger partial charge in [0.1, 0.15) is 18.1 Å². The highest BCUT2D eigenvalue weighted by atomic mass is 32.2. The Hall–Kier alpha value is -4.89. The summed E-state index contributed by atoms with van der Waals surface area (Å²) in [5.41, 5.74) is 7.37. The Morgan fingerprint density at radius 1 is 1.00 bits per heavy atom. The van der Waals surface area contributed by atoms with E-state index in [1.807, 2.05) is 97.4 Å². The van der Waals surface area contributed by atoms with Gasteiger partial charge >= 0.3 is 0 Å². The van der Waals surface area contributed by atoms with Crippen LogP contribution in [0.25, 0.3) is 16.9 Å². The number of carbonyl (C=O) groups excluding carboxylic acids is 2. The number of hydrogen-bond donors (Lipinski definition) is 1. The largest absolute Gasteiger partial charge is 0.496 e. The number of pyridine rings is 1. The molecule has 0 spiro atoms. The van der Waals surface area contributed by atoms with Crippen LogP contribution in [0.5, 0.6) is 5.75 Å². The fourth-order valence-corrected chi connectivity index (χ4v) is 6.79. The van der Waals surface area contributed by atoms with Gasteiger partial charge in [-0.25, -0.2) is 4.68 Å². The third-order valence-corrected chi connectivity index (χ3v) is 8.92. The minimum atomic E-state index is -0.287. The number of methoxy groups -OCH3 is 1. The lowest BCUT2D eigenvalue weighted by Crippen LogP contribution is -2.42. The number of nitrogens with one attached hydrogen (secondary N) is 1. The van der Waals surface area contributed by atoms with Crippen molar-refractivity contribution in [2.75, 3.05) is 24.3 Å². The molecule has 1 aliphatic rings. The van der Waals surface area contributed by atoms with Crippen molar-refractivity contribution >= 4 is 29.4 Å². The van der Waals surface area contributed by atoms with E-state index in [4.69, 9.17) is 9.84 Å². The molecular weight excluding hydrogens is 570 g/mol. The Morgan fingerprint density at radius 2 is 1.75 bits per heavy atom. The Morgan fingerprint density at radius 3 is 2.50 bits per heavy atom. The summed E-state index contributed by atoms with van der Waals surface area (Å²) in [4.78, 5) is 33.1. The minimum absolute atomic E-state index is 0.152. The van der Waals surface area contributed by atoms with Gasteiger partial charge in [0, 0.05) is 35.6 Å². The molecule has 3 aromatic carbocycles. The SMILES string of the molecule is COc1ccccc1[C@H]1SCC(=O)N(CC(=O)NCc2ccncc2)c2c1c(-c1ccccc1)nn2-c1ccc(C)cc1C. The lowest BCUT2D eigenvalue weighted by atomic mass is 9.99. The summed E-state index contributed by atoms with van der Waals surface area (Å²) >= 11 is 1.52. The van der Waals surface area contributed by atoms with Gasteiger partial charge in [0.25, 0.3) is 0 Å². The second-order valence-corrected chi connectivity index (χ2v) is 11.8. The van der Waals surface area contributed by atoms with Gasteiger partial charge in [0.15, 0.2) is 0 Å². The van der Waals surface area contributed by atoms with Crippen LogP contribution in [0.2, 0.25) is 0 Å². The van der Waals surface area contributed by atoms with Crippen LogP contribution in [0, 0.1) is 13.8 Å². The molecule has 9 heteroatoms. The number of aryl methyl sites for hydroxylation is 2. The van der Waals surface area contributed by atoms with Crippen LogP contribution < -0.4 is 15.0 Å². The highest BCUT2D eigenvalue weighted by Gasteiger charge is 2.38. The maximum atomic E-state index is 14.0. The molecule has 2 aromatic heterocycles. The summed E-state index contributed by atoms with van der Waals surface area (Å²) in [7, 11) is 1.66. The Kier molecular flexibility index (Phi) is 8.47. The summed E-state index contributed by atoms with van der Waals surface area (Å²) in [6, 6.07) is 27.7. The number of amides is 2. The van der Waals surface area contributed by atoms with Crippen LogP contribution in [0.3, 0.4) is 0 Å². The van der Waals surface area contributed by atoms with E-state index in [0.29, 0.717) is 12.4 Å². The van der Waals surface area contributed by atoms with E-state index in [9.17, 15) is 9.59 Å². The van der Waals surface area contributed by atoms with E-state index < -0.39 is 0 Å². The molecule has 0 bridgehead atoms. The molecule has 0 aliphatic carbocycles. The van der Waals surface area contributed by atoms with Crippen molar-refractivity contribution in [3.63, 3.8) is 0 Å². The number of rotatable bonds is 8. The molecule has 1 atom stereocenters. The average molecular weight is 604 g/mol. The maximum absolute atomic E-state index is 14.0. The molecule has 5 aromatic rings. The highest BCUT2D eigenvalue weighted by molar-refractivity contribution is 8.00. The molecule has 2 amide bonds. The second kappa shape index (κ2) is 12.8. The van der Waals surface area contributed by atoms with E-state index >= 15 is 0 Å². The Labute approximate surface area is 261 Å². The smallest absolute Gasteiger partial charge is 0.240 e. The predicted molar refractivity (Wildman–Crippen MR) is 174 cm³/mol. The molecule has 8 nitrogen and oxygen atoms in total. The van der Waals surface area contributed by atoms with Crippen molar-refractivity contribution in [3.05, 3.63) is 125 Å². The zero-order valence-electron chi connectivity index (χ0n) is 24.9. The molecule has 3 heterocycles. The monoisotopic (exact) mass is 603 g/mol. The highest BCUT2D eigenvalue weighted by Crippen LogP contribution is 2.50. The fourth-order valence-electron chi connectivity index (χ4n) is 5.57. The fraction of sp³-hybridized carbons (Fsp3) is 0.200. The number of ether oxygens (including phenoxy) is 1. The number of benzene rings is 3. The van der Waals surface area contributed by atoms with E-state index in [2.05, 4.69) is 16.4 Å². The third kappa shape index (κ3) is 5.83. The van der Waals surface area contributed by atoms with E-state index in [1.54, 1.807) is 24.4 Å². The summed E-state index contributed by atoms with van der Waals surface area (Å²) < 4.78 is 7.65. The zero-order chi connectivity index (χ0) is 30.6. The number of aromatic nitrogens is 3. The molecule has 44 heavy (non-hydrogen) atoms. The van der Waals surface area contributed by atoms with Crippen LogP contribution in [0.4, 0.5) is 5.82 Å². The Balaban J connectivity index is 1.56. The first-order valence-electron chi connectivity index (χ1n) is 14.4. The van der Waals surface area contributed by atoms with Gasteiger partial charge < -0.3 is 10.1 Å². The van der Waals surface area contributed by atoms with Crippen LogP contribution in [0.1, 0.15) is 33.1 Å². The second-order valence-electron chi connectivity index (χ2n) is 10.7. The zero-order valence-corrected chi connectivity index (χ0v) is 25.7. The number of thioether (sulfide) groups is 1. The molecule has 6 rings (SSSR count). The first-order chi connectivity index (χ1) is 21.4. The number of para-hydroxylation sites is 1. The molecule has 0 unspecified atom stereocenters. The standard InChI is InChI=1S/C35H33N5O3S/c1-23-13-14-28(24(2)19-23)40-35-32(33(38-40)26-9-5-4-6-10-26)34(27-11-7-8-12-29(27)43-3)44-22-31(42)39(35)21-30(41)37-20-25-15-17-36-18-16-25/h4-19,34H,20-22H2,1-3H3,(H,37,41)/t34-/m1/s1. The van der Waals surface area contributed by atoms with Gasteiger partial charge in [-0.05, 0) is 49.2 Å². The van der Waals surface area contributed by atoms with Gasteiger partial charge in [-0.3, -0.25) is 19.5 Å². The third-order valence-electron chi connectivity index (χ3n) is 7.68. The number of nitrogens with zero attached hydrogens (tertiary/aromatic N) is 4. The van der Waals surface area contributed by atoms with E-state index in [-0.39, 0.29) is 29.4 Å². The molecular formula is C35H33N5O3S. The first-order valence-corrected chi connectivity index (χ1v) is 15.5. The van der Waals surface area contributed by atoms with Gasteiger partial charge in [0.05, 0.1) is 29.5 Å². The molecule has 1 N–H and O–H groups in total. The van der Waals surface area contributed by atoms with Crippen molar-refractivity contribution in [2.45, 2.75) is 25.6 Å². The van der Waals surface area contributed by atoms with Crippen LogP contribution in [0.15, 0.2) is 97.3 Å². The van der Waals surface area contributed by atoms with Crippen molar-refractivity contribution in [2.24, 2.45) is 0 Å². The van der Waals surface area contributed by atoms with Crippen LogP contribution in [-0.4, -0.2) is 46.0 Å². The summed E-state index contributed by atoms with van der Waals surface area (Å²) in [6.45, 7) is 4.27. The maximum Gasteiger partial charge on any atom is 0.240 e. The molecule has 0 saturated heterocycles. The minimum Gasteiger partial charge on any atom is -0.496 e. The average Bonchev–Trinajstić information content (AvgIpc) is 3.37. The van der Waals surface area contributed by atoms with E-state index in [1.165, 1.54) is 11.8 Å². The molecule has 1 aliphatic heterocycles. The van der Waals surface area contributed by atoms with Crippen LogP contribution in [-0.2, 0) is 16.1 Å². The van der Waals surface area contributed by atoms with Crippen molar-refractivity contribution in [1.29, 1.82) is 0 Å². The van der Waals surface area contributed by atoms with Crippen LogP contribution >= 0.6 is 11.8 Å². The topological polar surface area (TPSA) is 89.3 Å². The number of fused-ring (bicyclic) bond motifs is 1. The van der Waals surface area contributed by atoms with Crippen molar-refractivity contribution < 1.29 is 14.3 Å². The molecule has 0 radical (unpaired) electrons. The number of carbonyl (C=O) groups is 2. The van der Waals surface area contributed by atoms with Gasteiger partial charge in [-0.1, -0.05) is 66.2 Å². The summed E-state index contributed by atoms with van der Waals surface area (Å²) in [5, 5.41) is 7.90. The lowest BCUT2D eigenvalue weighted by Gasteiger charge is -2.24. The molecule has 222 valence electrons. The van der Waals surface area contributed by atoms with Crippen molar-refractivity contribution in [1.82, 2.24) is 20.1 Å². The molecule has 0 fully saturated rings.